The first kappa shape index (κ1) is 26.9. The summed E-state index contributed by atoms with van der Waals surface area (Å²) in [5.74, 6) is 7.11. The maximum absolute atomic E-state index is 7.17. The van der Waals surface area contributed by atoms with E-state index >= 15 is 0 Å². The van der Waals surface area contributed by atoms with Crippen LogP contribution >= 0.6 is 0 Å². The van der Waals surface area contributed by atoms with E-state index in [9.17, 15) is 0 Å². The standard InChI is InChI=1S/C33H27N4/c1-4-28-7-13-31(14-8-28)25-34-19-22-37(23-20-35-26-32-15-9-29(5-2)10-16-32)24-21-36-27-33-17-11-30(6-3)12-18-33/h7-18,25-27H,19-24H2/q-3. The van der Waals surface area contributed by atoms with E-state index in [2.05, 4.69) is 37.6 Å². The van der Waals surface area contributed by atoms with Crippen LogP contribution in [0.5, 0.6) is 0 Å². The highest BCUT2D eigenvalue weighted by Crippen LogP contribution is 2.03. The third-order valence-electron chi connectivity index (χ3n) is 5.52. The van der Waals surface area contributed by atoms with E-state index in [1.54, 1.807) is 0 Å². The van der Waals surface area contributed by atoms with Crippen molar-refractivity contribution < 1.29 is 0 Å². The Kier molecular flexibility index (Phi) is 11.2. The molecule has 0 aromatic heterocycles. The monoisotopic (exact) mass is 479 g/mol. The van der Waals surface area contributed by atoms with Crippen molar-refractivity contribution >= 4 is 18.6 Å². The van der Waals surface area contributed by atoms with Gasteiger partial charge in [-0.25, -0.2) is 0 Å². The molecule has 3 aromatic carbocycles. The Hall–Kier alpha value is -4.69. The fourth-order valence-corrected chi connectivity index (χ4v) is 3.40. The van der Waals surface area contributed by atoms with Gasteiger partial charge in [0.05, 0.1) is 19.6 Å². The summed E-state index contributed by atoms with van der Waals surface area (Å²) in [5, 5.41) is 0. The summed E-state index contributed by atoms with van der Waals surface area (Å²) < 4.78 is 0. The van der Waals surface area contributed by atoms with Gasteiger partial charge in [0, 0.05) is 38.3 Å². The van der Waals surface area contributed by atoms with Crippen LogP contribution in [0.15, 0.2) is 87.8 Å². The van der Waals surface area contributed by atoms with E-state index in [0.29, 0.717) is 19.6 Å². The van der Waals surface area contributed by atoms with E-state index in [0.717, 1.165) is 53.0 Å². The van der Waals surface area contributed by atoms with Crippen molar-refractivity contribution in [3.63, 3.8) is 0 Å². The van der Waals surface area contributed by atoms with Crippen molar-refractivity contribution in [1.29, 1.82) is 0 Å². The molecule has 4 heteroatoms. The second-order valence-electron chi connectivity index (χ2n) is 8.19. The van der Waals surface area contributed by atoms with E-state index in [-0.39, 0.29) is 0 Å². The zero-order valence-electron chi connectivity index (χ0n) is 20.7. The van der Waals surface area contributed by atoms with Crippen molar-refractivity contribution in [1.82, 2.24) is 4.90 Å². The van der Waals surface area contributed by atoms with Crippen molar-refractivity contribution in [2.24, 2.45) is 15.0 Å². The number of rotatable bonds is 12. The Morgan fingerprint density at radius 2 is 0.757 bits per heavy atom. The lowest BCUT2D eigenvalue weighted by molar-refractivity contribution is 0.298. The molecule has 3 aromatic rings. The summed E-state index contributed by atoms with van der Waals surface area (Å²) in [4.78, 5) is 16.0. The fourth-order valence-electron chi connectivity index (χ4n) is 3.40. The fraction of sp³-hybridized carbons (Fsp3) is 0.182. The van der Waals surface area contributed by atoms with Gasteiger partial charge in [0.15, 0.2) is 0 Å². The number of aliphatic imine (C=N–C) groups is 3. The van der Waals surface area contributed by atoms with Gasteiger partial charge in [-0.05, 0) is 16.7 Å². The topological polar surface area (TPSA) is 40.3 Å². The van der Waals surface area contributed by atoms with Crippen molar-refractivity contribution in [3.8, 4) is 17.8 Å². The molecule has 37 heavy (non-hydrogen) atoms. The number of hydrogen-bond donors (Lipinski definition) is 0. The van der Waals surface area contributed by atoms with Gasteiger partial charge in [0.1, 0.15) is 0 Å². The quantitative estimate of drug-likeness (QED) is 0.215. The number of benzene rings is 3. The average Bonchev–Trinajstić information content (AvgIpc) is 2.96. The minimum atomic E-state index is 0.662. The summed E-state index contributed by atoms with van der Waals surface area (Å²) in [5.41, 5.74) is 5.24. The number of hydrogen-bond acceptors (Lipinski definition) is 4. The molecule has 0 fully saturated rings. The summed E-state index contributed by atoms with van der Waals surface area (Å²) in [6.45, 7) is 4.37. The van der Waals surface area contributed by atoms with Crippen LogP contribution in [0.25, 0.3) is 0 Å². The summed E-state index contributed by atoms with van der Waals surface area (Å²) >= 11 is 0. The lowest BCUT2D eigenvalue weighted by atomic mass is 10.1. The highest BCUT2D eigenvalue weighted by Gasteiger charge is 2.03. The van der Waals surface area contributed by atoms with E-state index in [4.69, 9.17) is 19.3 Å². The summed E-state index contributed by atoms with van der Waals surface area (Å²) in [7, 11) is 0. The molecule has 0 saturated heterocycles. The van der Waals surface area contributed by atoms with Crippen LogP contribution in [0.2, 0.25) is 0 Å². The Morgan fingerprint density at radius 1 is 0.486 bits per heavy atom. The highest BCUT2D eigenvalue weighted by molar-refractivity contribution is 5.80. The Balaban J connectivity index is 1.52. The normalized spacial score (nSPS) is 11.2. The minimum absolute atomic E-state index is 0.662. The largest absolute Gasteiger partial charge is 0.366 e. The van der Waals surface area contributed by atoms with Crippen LogP contribution in [0.3, 0.4) is 0 Å². The first-order valence-electron chi connectivity index (χ1n) is 12.0. The van der Waals surface area contributed by atoms with Crippen LogP contribution in [0, 0.1) is 37.0 Å². The van der Waals surface area contributed by atoms with Gasteiger partial charge in [0.25, 0.3) is 0 Å². The van der Waals surface area contributed by atoms with Crippen LogP contribution in [-0.2, 0) is 0 Å². The summed E-state index contributed by atoms with van der Waals surface area (Å²) in [6.07, 6.45) is 27.1. The molecule has 0 heterocycles. The van der Waals surface area contributed by atoms with Gasteiger partial charge in [-0.1, -0.05) is 36.4 Å². The predicted molar refractivity (Wildman–Crippen MR) is 152 cm³/mol. The molecule has 0 atom stereocenters. The lowest BCUT2D eigenvalue weighted by Gasteiger charge is -2.19. The molecule has 0 N–H and O–H groups in total. The van der Waals surface area contributed by atoms with Gasteiger partial charge in [0.2, 0.25) is 0 Å². The number of nitrogens with zero attached hydrogens (tertiary/aromatic N) is 4. The third kappa shape index (κ3) is 9.83. The molecule has 0 aliphatic heterocycles. The smallest absolute Gasteiger partial charge is 0.0517 e. The van der Waals surface area contributed by atoms with Gasteiger partial charge in [-0.15, -0.1) is 53.1 Å². The molecule has 0 amide bonds. The molecule has 182 valence electrons. The summed E-state index contributed by atoms with van der Waals surface area (Å²) in [6, 6.07) is 22.7. The van der Waals surface area contributed by atoms with Gasteiger partial charge in [-0.2, -0.15) is 0 Å². The molecular formula is C33H27N4-3. The Labute approximate surface area is 220 Å². The predicted octanol–water partition coefficient (Wildman–Crippen LogP) is 4.46. The van der Waals surface area contributed by atoms with E-state index < -0.39 is 0 Å². The molecule has 0 aliphatic rings. The lowest BCUT2D eigenvalue weighted by Crippen LogP contribution is -2.31. The van der Waals surface area contributed by atoms with Crippen LogP contribution in [0.4, 0.5) is 0 Å². The first-order chi connectivity index (χ1) is 18.2. The van der Waals surface area contributed by atoms with Crippen molar-refractivity contribution in [3.05, 3.63) is 125 Å². The SMILES string of the molecule is [C-]#Cc1ccc(C=NCCN(CCN=Cc2ccc(C#[C-])cc2)CCN=Cc2ccc(C#[C-])cc2)cc1. The molecule has 0 radical (unpaired) electrons. The molecule has 0 aliphatic carbocycles. The second-order valence-corrected chi connectivity index (χ2v) is 8.19. The van der Waals surface area contributed by atoms with Crippen LogP contribution in [-0.4, -0.2) is 62.8 Å². The van der Waals surface area contributed by atoms with Gasteiger partial charge in [-0.3, -0.25) is 37.6 Å². The van der Waals surface area contributed by atoms with Gasteiger partial charge < -0.3 is 19.3 Å². The molecular weight excluding hydrogens is 452 g/mol. The van der Waals surface area contributed by atoms with Crippen LogP contribution in [0.1, 0.15) is 33.4 Å². The molecule has 0 spiro atoms. The van der Waals surface area contributed by atoms with Crippen molar-refractivity contribution in [2.75, 3.05) is 39.3 Å². The zero-order chi connectivity index (χ0) is 26.1. The minimum Gasteiger partial charge on any atom is -0.366 e. The van der Waals surface area contributed by atoms with Crippen molar-refractivity contribution in [2.45, 2.75) is 0 Å². The molecule has 0 bridgehead atoms. The third-order valence-corrected chi connectivity index (χ3v) is 5.52. The van der Waals surface area contributed by atoms with Gasteiger partial charge >= 0.3 is 0 Å². The van der Waals surface area contributed by atoms with Crippen LogP contribution < -0.4 is 0 Å². The van der Waals surface area contributed by atoms with E-state index in [1.807, 2.05) is 91.4 Å². The maximum Gasteiger partial charge on any atom is 0.0517 e. The maximum atomic E-state index is 7.17. The Bertz CT molecular complexity index is 1150. The second kappa shape index (κ2) is 15.3. The highest BCUT2D eigenvalue weighted by atomic mass is 15.1. The molecule has 3 rings (SSSR count). The average molecular weight is 480 g/mol. The molecule has 0 saturated carbocycles. The zero-order valence-corrected chi connectivity index (χ0v) is 20.7. The molecule has 0 unspecified atom stereocenters. The van der Waals surface area contributed by atoms with E-state index in [1.165, 1.54) is 0 Å². The first-order valence-corrected chi connectivity index (χ1v) is 12.0. The molecule has 4 nitrogen and oxygen atoms in total. The Morgan fingerprint density at radius 3 is 1.00 bits per heavy atom.